The fourth-order valence-electron chi connectivity index (χ4n) is 1.86. The smallest absolute Gasteiger partial charge is 0.118 e. The van der Waals surface area contributed by atoms with Crippen molar-refractivity contribution in [1.29, 1.82) is 0 Å². The molecule has 0 aromatic carbocycles. The van der Waals surface area contributed by atoms with Crippen LogP contribution in [-0.2, 0) is 17.8 Å². The van der Waals surface area contributed by atoms with Gasteiger partial charge in [0.25, 0.3) is 0 Å². The van der Waals surface area contributed by atoms with Crippen LogP contribution in [0.2, 0.25) is 0 Å². The second-order valence-corrected chi connectivity index (χ2v) is 4.27. The van der Waals surface area contributed by atoms with E-state index in [0.29, 0.717) is 6.54 Å². The lowest BCUT2D eigenvalue weighted by Gasteiger charge is -2.19. The summed E-state index contributed by atoms with van der Waals surface area (Å²) >= 11 is 0. The van der Waals surface area contributed by atoms with Crippen molar-refractivity contribution in [2.75, 3.05) is 20.3 Å². The van der Waals surface area contributed by atoms with Gasteiger partial charge in [0.05, 0.1) is 19.7 Å². The number of nitrogens with two attached hydrogens (primary N) is 1. The molecule has 0 bridgehead atoms. The fraction of sp³-hybridized carbons (Fsp3) is 0.667. The molecule has 0 unspecified atom stereocenters. The van der Waals surface area contributed by atoms with Gasteiger partial charge in [-0.05, 0) is 25.0 Å². The number of methoxy groups -OCH3 is 1. The van der Waals surface area contributed by atoms with E-state index >= 15 is 0 Å². The Morgan fingerprint density at radius 3 is 2.75 bits per heavy atom. The normalized spacial score (nSPS) is 15.9. The summed E-state index contributed by atoms with van der Waals surface area (Å²) in [5.74, 6) is 1.86. The van der Waals surface area contributed by atoms with Gasteiger partial charge in [-0.15, -0.1) is 0 Å². The minimum atomic E-state index is 0.474. The molecule has 0 aliphatic heterocycles. The van der Waals surface area contributed by atoms with E-state index in [9.17, 15) is 0 Å². The van der Waals surface area contributed by atoms with E-state index in [1.165, 1.54) is 12.8 Å². The summed E-state index contributed by atoms with van der Waals surface area (Å²) in [7, 11) is 1.74. The van der Waals surface area contributed by atoms with Gasteiger partial charge in [0.1, 0.15) is 11.5 Å². The van der Waals surface area contributed by atoms with Gasteiger partial charge < -0.3 is 14.9 Å². The zero-order valence-electron chi connectivity index (χ0n) is 9.82. The van der Waals surface area contributed by atoms with Gasteiger partial charge in [-0.1, -0.05) is 0 Å². The molecule has 1 fully saturated rings. The molecular weight excluding hydrogens is 204 g/mol. The Hall–Kier alpha value is -0.840. The third-order valence-corrected chi connectivity index (χ3v) is 2.92. The van der Waals surface area contributed by atoms with Gasteiger partial charge in [0, 0.05) is 19.7 Å². The predicted molar refractivity (Wildman–Crippen MR) is 61.9 cm³/mol. The van der Waals surface area contributed by atoms with Crippen molar-refractivity contribution < 1.29 is 9.15 Å². The zero-order chi connectivity index (χ0) is 11.4. The highest BCUT2D eigenvalue weighted by Gasteiger charge is 2.29. The molecule has 90 valence electrons. The van der Waals surface area contributed by atoms with Crippen LogP contribution in [0.5, 0.6) is 0 Å². The van der Waals surface area contributed by atoms with Crippen molar-refractivity contribution in [3.8, 4) is 0 Å². The molecule has 16 heavy (non-hydrogen) atoms. The van der Waals surface area contributed by atoms with E-state index in [1.807, 2.05) is 12.1 Å². The van der Waals surface area contributed by atoms with Crippen LogP contribution < -0.4 is 5.73 Å². The maximum absolute atomic E-state index is 5.61. The van der Waals surface area contributed by atoms with Gasteiger partial charge in [-0.3, -0.25) is 4.90 Å². The van der Waals surface area contributed by atoms with Gasteiger partial charge in [0.15, 0.2) is 0 Å². The van der Waals surface area contributed by atoms with Gasteiger partial charge in [-0.2, -0.15) is 0 Å². The summed E-state index contributed by atoms with van der Waals surface area (Å²) in [6.07, 6.45) is 2.60. The number of ether oxygens (including phenoxy) is 1. The predicted octanol–water partition coefficient (Wildman–Crippen LogP) is 1.35. The highest BCUT2D eigenvalue weighted by Crippen LogP contribution is 2.28. The Kier molecular flexibility index (Phi) is 3.98. The van der Waals surface area contributed by atoms with Crippen LogP contribution in [0.4, 0.5) is 0 Å². The molecule has 2 N–H and O–H groups in total. The van der Waals surface area contributed by atoms with E-state index in [1.54, 1.807) is 7.11 Å². The molecule has 2 rings (SSSR count). The summed E-state index contributed by atoms with van der Waals surface area (Å²) in [5, 5.41) is 0. The molecule has 0 atom stereocenters. The first-order valence-electron chi connectivity index (χ1n) is 5.84. The molecule has 4 nitrogen and oxygen atoms in total. The monoisotopic (exact) mass is 224 g/mol. The Bertz CT molecular complexity index is 321. The Morgan fingerprint density at radius 1 is 1.44 bits per heavy atom. The molecule has 1 aliphatic carbocycles. The first-order valence-corrected chi connectivity index (χ1v) is 5.84. The van der Waals surface area contributed by atoms with Gasteiger partial charge >= 0.3 is 0 Å². The number of hydrogen-bond donors (Lipinski definition) is 1. The molecule has 1 aliphatic rings. The SMILES string of the molecule is COCCN(Cc1ccc(CN)o1)C1CC1. The zero-order valence-corrected chi connectivity index (χ0v) is 9.82. The Balaban J connectivity index is 1.88. The third-order valence-electron chi connectivity index (χ3n) is 2.92. The maximum atomic E-state index is 5.61. The van der Waals surface area contributed by atoms with Crippen LogP contribution in [0.15, 0.2) is 16.5 Å². The first kappa shape index (κ1) is 11.6. The third kappa shape index (κ3) is 3.07. The summed E-state index contributed by atoms with van der Waals surface area (Å²) in [5.41, 5.74) is 5.52. The summed E-state index contributed by atoms with van der Waals surface area (Å²) in [6.45, 7) is 3.09. The van der Waals surface area contributed by atoms with Crippen LogP contribution >= 0.6 is 0 Å². The number of furan rings is 1. The minimum absolute atomic E-state index is 0.474. The van der Waals surface area contributed by atoms with E-state index < -0.39 is 0 Å². The number of rotatable bonds is 7. The number of hydrogen-bond acceptors (Lipinski definition) is 4. The Morgan fingerprint density at radius 2 is 2.19 bits per heavy atom. The summed E-state index contributed by atoms with van der Waals surface area (Å²) in [4.78, 5) is 2.42. The van der Waals surface area contributed by atoms with Crippen molar-refractivity contribution in [2.24, 2.45) is 5.73 Å². The van der Waals surface area contributed by atoms with Crippen LogP contribution in [0.1, 0.15) is 24.4 Å². The molecule has 1 aromatic heterocycles. The lowest BCUT2D eigenvalue weighted by molar-refractivity contribution is 0.134. The van der Waals surface area contributed by atoms with Crippen LogP contribution in [0, 0.1) is 0 Å². The molecule has 1 heterocycles. The lowest BCUT2D eigenvalue weighted by atomic mass is 10.3. The van der Waals surface area contributed by atoms with E-state index in [-0.39, 0.29) is 0 Å². The van der Waals surface area contributed by atoms with Gasteiger partial charge in [-0.25, -0.2) is 0 Å². The van der Waals surface area contributed by atoms with E-state index in [0.717, 1.165) is 37.3 Å². The molecule has 4 heteroatoms. The van der Waals surface area contributed by atoms with E-state index in [4.69, 9.17) is 14.9 Å². The summed E-state index contributed by atoms with van der Waals surface area (Å²) < 4.78 is 10.7. The first-order chi connectivity index (χ1) is 7.83. The largest absolute Gasteiger partial charge is 0.463 e. The molecular formula is C12H20N2O2. The molecule has 1 aromatic rings. The fourth-order valence-corrected chi connectivity index (χ4v) is 1.86. The standard InChI is InChI=1S/C12H20N2O2/c1-15-7-6-14(10-2-3-10)9-12-5-4-11(8-13)16-12/h4-5,10H,2-3,6-9,13H2,1H3. The second-order valence-electron chi connectivity index (χ2n) is 4.27. The van der Waals surface area contributed by atoms with Crippen molar-refractivity contribution in [3.63, 3.8) is 0 Å². The molecule has 1 saturated carbocycles. The van der Waals surface area contributed by atoms with Crippen LogP contribution in [0.3, 0.4) is 0 Å². The van der Waals surface area contributed by atoms with Gasteiger partial charge in [0.2, 0.25) is 0 Å². The molecule has 0 spiro atoms. The Labute approximate surface area is 96.4 Å². The highest BCUT2D eigenvalue weighted by atomic mass is 16.5. The second kappa shape index (κ2) is 5.48. The average Bonchev–Trinajstić information content (AvgIpc) is 3.05. The van der Waals surface area contributed by atoms with Crippen molar-refractivity contribution in [2.45, 2.75) is 32.0 Å². The lowest BCUT2D eigenvalue weighted by Crippen LogP contribution is -2.28. The van der Waals surface area contributed by atoms with Crippen LogP contribution in [0.25, 0.3) is 0 Å². The maximum Gasteiger partial charge on any atom is 0.118 e. The number of nitrogens with zero attached hydrogens (tertiary/aromatic N) is 1. The molecule has 0 saturated heterocycles. The molecule has 0 amide bonds. The summed E-state index contributed by atoms with van der Waals surface area (Å²) in [6, 6.07) is 4.70. The van der Waals surface area contributed by atoms with Crippen molar-refractivity contribution in [3.05, 3.63) is 23.7 Å². The van der Waals surface area contributed by atoms with E-state index in [2.05, 4.69) is 4.90 Å². The topological polar surface area (TPSA) is 51.6 Å². The minimum Gasteiger partial charge on any atom is -0.463 e. The molecule has 0 radical (unpaired) electrons. The van der Waals surface area contributed by atoms with Crippen molar-refractivity contribution >= 4 is 0 Å². The average molecular weight is 224 g/mol. The van der Waals surface area contributed by atoms with Crippen LogP contribution in [-0.4, -0.2) is 31.2 Å². The van der Waals surface area contributed by atoms with Crippen molar-refractivity contribution in [1.82, 2.24) is 4.90 Å². The quantitative estimate of drug-likeness (QED) is 0.759. The highest BCUT2D eigenvalue weighted by molar-refractivity contribution is 5.07.